The smallest absolute Gasteiger partial charge is 0.148 e. The molecule has 86 valence electrons. The van der Waals surface area contributed by atoms with Crippen LogP contribution in [0.2, 0.25) is 0 Å². The van der Waals surface area contributed by atoms with Gasteiger partial charge in [-0.2, -0.15) is 0 Å². The van der Waals surface area contributed by atoms with Gasteiger partial charge >= 0.3 is 0 Å². The minimum absolute atomic E-state index is 0.0815. The first-order valence-corrected chi connectivity index (χ1v) is 6.69. The fraction of sp³-hybridized carbons (Fsp3) is 0.750. The number of nitrogens with one attached hydrogen (secondary N) is 1. The van der Waals surface area contributed by atoms with Crippen molar-refractivity contribution in [1.29, 1.82) is 0 Å². The third kappa shape index (κ3) is 4.89. The molecule has 7 heteroatoms. The lowest BCUT2D eigenvalue weighted by Crippen LogP contribution is -2.32. The number of aryl methyl sites for hydroxylation is 1. The molecule has 6 nitrogen and oxygen atoms in total. The molecule has 0 aromatic carbocycles. The summed E-state index contributed by atoms with van der Waals surface area (Å²) in [5, 5.41) is 10.7. The number of hydrogen-bond donors (Lipinski definition) is 1. The van der Waals surface area contributed by atoms with E-state index in [4.69, 9.17) is 0 Å². The molecule has 1 unspecified atom stereocenters. The van der Waals surface area contributed by atoms with E-state index in [9.17, 15) is 8.42 Å². The maximum atomic E-state index is 11.0. The summed E-state index contributed by atoms with van der Waals surface area (Å²) < 4.78 is 23.6. The predicted molar refractivity (Wildman–Crippen MR) is 57.0 cm³/mol. The van der Waals surface area contributed by atoms with E-state index in [0.717, 1.165) is 5.69 Å². The zero-order valence-electron chi connectivity index (χ0n) is 9.14. The average Bonchev–Trinajstić information content (AvgIpc) is 2.45. The zero-order chi connectivity index (χ0) is 11.5. The highest BCUT2D eigenvalue weighted by molar-refractivity contribution is 7.90. The van der Waals surface area contributed by atoms with Crippen molar-refractivity contribution in [3.63, 3.8) is 0 Å². The van der Waals surface area contributed by atoms with Crippen molar-refractivity contribution in [1.82, 2.24) is 20.3 Å². The van der Waals surface area contributed by atoms with Crippen LogP contribution in [0.5, 0.6) is 0 Å². The summed E-state index contributed by atoms with van der Waals surface area (Å²) in [7, 11) is -1.14. The largest absolute Gasteiger partial charge is 0.308 e. The molecule has 0 aliphatic rings. The second-order valence-corrected chi connectivity index (χ2v) is 5.94. The van der Waals surface area contributed by atoms with E-state index in [1.165, 1.54) is 6.26 Å². The molecule has 1 heterocycles. The molecular weight excluding hydrogens is 216 g/mol. The van der Waals surface area contributed by atoms with E-state index in [2.05, 4.69) is 15.6 Å². The van der Waals surface area contributed by atoms with Crippen molar-refractivity contribution in [2.24, 2.45) is 7.05 Å². The Hall–Kier alpha value is -0.950. The Morgan fingerprint density at radius 1 is 1.60 bits per heavy atom. The summed E-state index contributed by atoms with van der Waals surface area (Å²) in [6, 6.07) is -0.0815. The van der Waals surface area contributed by atoms with Gasteiger partial charge in [-0.3, -0.25) is 4.68 Å². The average molecular weight is 232 g/mol. The second-order valence-electron chi connectivity index (χ2n) is 3.76. The minimum Gasteiger partial charge on any atom is -0.308 e. The Bertz CT molecular complexity index is 412. The van der Waals surface area contributed by atoms with Crippen LogP contribution in [0, 0.1) is 0 Å². The normalized spacial score (nSPS) is 14.1. The van der Waals surface area contributed by atoms with Gasteiger partial charge in [-0.15, -0.1) is 5.10 Å². The van der Waals surface area contributed by atoms with Crippen LogP contribution in [0.15, 0.2) is 6.20 Å². The van der Waals surface area contributed by atoms with Gasteiger partial charge in [0, 0.05) is 32.1 Å². The molecule has 0 amide bonds. The van der Waals surface area contributed by atoms with Gasteiger partial charge in [0.05, 0.1) is 11.4 Å². The highest BCUT2D eigenvalue weighted by Crippen LogP contribution is 1.94. The quantitative estimate of drug-likeness (QED) is 0.729. The molecule has 0 spiro atoms. The van der Waals surface area contributed by atoms with Crippen LogP contribution in [-0.4, -0.2) is 41.5 Å². The van der Waals surface area contributed by atoms with Gasteiger partial charge in [0.1, 0.15) is 9.84 Å². The molecule has 1 rings (SSSR count). The number of nitrogens with zero attached hydrogens (tertiary/aromatic N) is 3. The van der Waals surface area contributed by atoms with Crippen molar-refractivity contribution in [3.8, 4) is 0 Å². The Labute approximate surface area is 89.6 Å². The minimum atomic E-state index is -2.93. The second kappa shape index (κ2) is 4.71. The third-order valence-electron chi connectivity index (χ3n) is 1.83. The molecule has 1 aromatic rings. The van der Waals surface area contributed by atoms with Gasteiger partial charge in [0.25, 0.3) is 0 Å². The molecule has 1 N–H and O–H groups in total. The molecule has 0 bridgehead atoms. The molecule has 1 aromatic heterocycles. The van der Waals surface area contributed by atoms with Gasteiger partial charge < -0.3 is 5.32 Å². The highest BCUT2D eigenvalue weighted by Gasteiger charge is 2.10. The highest BCUT2D eigenvalue weighted by atomic mass is 32.2. The first-order valence-electron chi connectivity index (χ1n) is 4.63. The van der Waals surface area contributed by atoms with Gasteiger partial charge in [0.2, 0.25) is 0 Å². The topological polar surface area (TPSA) is 76.9 Å². The lowest BCUT2D eigenvalue weighted by Gasteiger charge is -2.10. The van der Waals surface area contributed by atoms with Crippen LogP contribution >= 0.6 is 0 Å². The summed E-state index contributed by atoms with van der Waals surface area (Å²) in [4.78, 5) is 0. The maximum Gasteiger partial charge on any atom is 0.148 e. The van der Waals surface area contributed by atoms with Crippen molar-refractivity contribution >= 4 is 9.84 Å². The third-order valence-corrected chi connectivity index (χ3v) is 2.94. The lowest BCUT2D eigenvalue weighted by atomic mass is 10.3. The first-order chi connectivity index (χ1) is 6.87. The first kappa shape index (κ1) is 12.1. The molecule has 0 fully saturated rings. The number of hydrogen-bond acceptors (Lipinski definition) is 5. The van der Waals surface area contributed by atoms with E-state index in [-0.39, 0.29) is 11.8 Å². The molecule has 0 aliphatic carbocycles. The molecule has 0 saturated carbocycles. The van der Waals surface area contributed by atoms with Gasteiger partial charge in [-0.1, -0.05) is 5.21 Å². The fourth-order valence-corrected chi connectivity index (χ4v) is 2.29. The SMILES string of the molecule is CC(CS(C)(=O)=O)NCc1cn(C)nn1. The van der Waals surface area contributed by atoms with Crippen LogP contribution in [-0.2, 0) is 23.4 Å². The predicted octanol–water partition coefficient (Wildman–Crippen LogP) is -0.662. The fourth-order valence-electron chi connectivity index (χ4n) is 1.27. The van der Waals surface area contributed by atoms with Crippen molar-refractivity contribution in [2.45, 2.75) is 19.5 Å². The van der Waals surface area contributed by atoms with Crippen LogP contribution in [0.4, 0.5) is 0 Å². The number of aromatic nitrogens is 3. The molecule has 1 atom stereocenters. The summed E-state index contributed by atoms with van der Waals surface area (Å²) in [6.07, 6.45) is 3.02. The summed E-state index contributed by atoms with van der Waals surface area (Å²) in [6.45, 7) is 2.36. The van der Waals surface area contributed by atoms with Crippen LogP contribution in [0.3, 0.4) is 0 Å². The molecule has 15 heavy (non-hydrogen) atoms. The number of sulfone groups is 1. The van der Waals surface area contributed by atoms with Crippen molar-refractivity contribution in [2.75, 3.05) is 12.0 Å². The molecule has 0 radical (unpaired) electrons. The van der Waals surface area contributed by atoms with E-state index in [1.54, 1.807) is 17.9 Å². The molecule has 0 saturated heterocycles. The summed E-state index contributed by atoms with van der Waals surface area (Å²) >= 11 is 0. The maximum absolute atomic E-state index is 11.0. The van der Waals surface area contributed by atoms with Gasteiger partial charge in [-0.05, 0) is 6.92 Å². The lowest BCUT2D eigenvalue weighted by molar-refractivity contribution is 0.556. The Balaban J connectivity index is 2.37. The monoisotopic (exact) mass is 232 g/mol. The Morgan fingerprint density at radius 3 is 2.73 bits per heavy atom. The standard InChI is InChI=1S/C8H16N4O2S/c1-7(6-15(3,13)14)9-4-8-5-12(2)11-10-8/h5,7,9H,4,6H2,1-3H3. The number of rotatable bonds is 5. The van der Waals surface area contributed by atoms with E-state index in [0.29, 0.717) is 6.54 Å². The molecule has 0 aliphatic heterocycles. The Kier molecular flexibility index (Phi) is 3.81. The molecular formula is C8H16N4O2S. The van der Waals surface area contributed by atoms with Gasteiger partial charge in [-0.25, -0.2) is 8.42 Å². The van der Waals surface area contributed by atoms with Crippen LogP contribution < -0.4 is 5.32 Å². The van der Waals surface area contributed by atoms with E-state index in [1.807, 2.05) is 6.92 Å². The van der Waals surface area contributed by atoms with Crippen LogP contribution in [0.25, 0.3) is 0 Å². The van der Waals surface area contributed by atoms with E-state index >= 15 is 0 Å². The van der Waals surface area contributed by atoms with E-state index < -0.39 is 9.84 Å². The summed E-state index contributed by atoms with van der Waals surface area (Å²) in [5.74, 6) is 0.132. The van der Waals surface area contributed by atoms with Crippen molar-refractivity contribution in [3.05, 3.63) is 11.9 Å². The van der Waals surface area contributed by atoms with Crippen molar-refractivity contribution < 1.29 is 8.42 Å². The Morgan fingerprint density at radius 2 is 2.27 bits per heavy atom. The van der Waals surface area contributed by atoms with Crippen LogP contribution in [0.1, 0.15) is 12.6 Å². The van der Waals surface area contributed by atoms with Gasteiger partial charge in [0.15, 0.2) is 0 Å². The summed E-state index contributed by atoms with van der Waals surface area (Å²) in [5.41, 5.74) is 0.804. The zero-order valence-corrected chi connectivity index (χ0v) is 9.95.